The molecule has 0 aromatic heterocycles. The van der Waals surface area contributed by atoms with Crippen LogP contribution in [0.1, 0.15) is 26.2 Å². The first-order chi connectivity index (χ1) is 6.38. The largest absolute Gasteiger partial charge is 0.314 e. The highest BCUT2D eigenvalue weighted by Gasteiger charge is 2.24. The minimum Gasteiger partial charge on any atom is -0.314 e. The maximum Gasteiger partial charge on any atom is 0.0259 e. The molecule has 13 heavy (non-hydrogen) atoms. The summed E-state index contributed by atoms with van der Waals surface area (Å²) in [6, 6.07) is 0.770. The van der Waals surface area contributed by atoms with Crippen molar-refractivity contribution in [2.75, 3.05) is 32.7 Å². The van der Waals surface area contributed by atoms with Crippen LogP contribution in [0.3, 0.4) is 0 Å². The lowest BCUT2D eigenvalue weighted by Crippen LogP contribution is -2.56. The molecule has 2 rings (SSSR count). The van der Waals surface area contributed by atoms with Crippen molar-refractivity contribution < 1.29 is 0 Å². The van der Waals surface area contributed by atoms with Crippen LogP contribution in [-0.4, -0.2) is 48.8 Å². The van der Waals surface area contributed by atoms with Gasteiger partial charge in [0, 0.05) is 38.8 Å². The second kappa shape index (κ2) is 4.40. The van der Waals surface area contributed by atoms with Gasteiger partial charge in [0.05, 0.1) is 0 Å². The Morgan fingerprint density at radius 1 is 1.08 bits per heavy atom. The van der Waals surface area contributed by atoms with Crippen LogP contribution in [0, 0.1) is 0 Å². The molecule has 3 nitrogen and oxygen atoms in total. The Morgan fingerprint density at radius 2 is 1.85 bits per heavy atom. The molecule has 2 heterocycles. The highest BCUT2D eigenvalue weighted by molar-refractivity contribution is 4.74. The highest BCUT2D eigenvalue weighted by atomic mass is 15.6. The molecule has 1 atom stereocenters. The number of nitrogens with one attached hydrogen (secondary N) is 1. The summed E-state index contributed by atoms with van der Waals surface area (Å²) in [5, 5.41) is 8.53. The Balaban J connectivity index is 1.88. The van der Waals surface area contributed by atoms with Gasteiger partial charge >= 0.3 is 0 Å². The predicted molar refractivity (Wildman–Crippen MR) is 54.5 cm³/mol. The Labute approximate surface area is 81.1 Å². The monoisotopic (exact) mass is 183 g/mol. The topological polar surface area (TPSA) is 18.5 Å². The fourth-order valence-corrected chi connectivity index (χ4v) is 2.41. The molecule has 1 unspecified atom stereocenters. The SMILES string of the molecule is CC1CCCCN1N1CCNCC1. The second-order valence-electron chi connectivity index (χ2n) is 4.21. The maximum atomic E-state index is 3.40. The predicted octanol–water partition coefficient (Wildman–Crippen LogP) is 0.681. The quantitative estimate of drug-likeness (QED) is 0.645. The van der Waals surface area contributed by atoms with Crippen LogP contribution in [0.5, 0.6) is 0 Å². The van der Waals surface area contributed by atoms with Crippen molar-refractivity contribution in [2.24, 2.45) is 0 Å². The van der Waals surface area contributed by atoms with Crippen LogP contribution in [0.15, 0.2) is 0 Å². The molecular weight excluding hydrogens is 162 g/mol. The number of hydrogen-bond acceptors (Lipinski definition) is 3. The molecule has 0 radical (unpaired) electrons. The van der Waals surface area contributed by atoms with Gasteiger partial charge in [0.15, 0.2) is 0 Å². The molecule has 2 fully saturated rings. The van der Waals surface area contributed by atoms with Crippen LogP contribution in [0.2, 0.25) is 0 Å². The summed E-state index contributed by atoms with van der Waals surface area (Å²) in [7, 11) is 0. The van der Waals surface area contributed by atoms with Crippen molar-refractivity contribution in [3.63, 3.8) is 0 Å². The fraction of sp³-hybridized carbons (Fsp3) is 1.00. The summed E-state index contributed by atoms with van der Waals surface area (Å²) >= 11 is 0. The van der Waals surface area contributed by atoms with Crippen molar-refractivity contribution in [2.45, 2.75) is 32.2 Å². The number of piperidine rings is 1. The molecule has 0 aromatic carbocycles. The van der Waals surface area contributed by atoms with Crippen molar-refractivity contribution in [1.29, 1.82) is 0 Å². The molecule has 3 heteroatoms. The van der Waals surface area contributed by atoms with E-state index in [-0.39, 0.29) is 0 Å². The van der Waals surface area contributed by atoms with E-state index in [1.54, 1.807) is 0 Å². The number of nitrogens with zero attached hydrogens (tertiary/aromatic N) is 2. The van der Waals surface area contributed by atoms with E-state index >= 15 is 0 Å². The van der Waals surface area contributed by atoms with E-state index < -0.39 is 0 Å². The molecule has 0 bridgehead atoms. The second-order valence-corrected chi connectivity index (χ2v) is 4.21. The first-order valence-electron chi connectivity index (χ1n) is 5.60. The first kappa shape index (κ1) is 9.44. The highest BCUT2D eigenvalue weighted by Crippen LogP contribution is 2.18. The fourth-order valence-electron chi connectivity index (χ4n) is 2.41. The summed E-state index contributed by atoms with van der Waals surface area (Å²) in [4.78, 5) is 0. The Bertz CT molecular complexity index is 154. The summed E-state index contributed by atoms with van der Waals surface area (Å²) in [6.07, 6.45) is 4.18. The van der Waals surface area contributed by atoms with Crippen molar-refractivity contribution in [1.82, 2.24) is 15.3 Å². The molecule has 0 amide bonds. The smallest absolute Gasteiger partial charge is 0.0259 e. The van der Waals surface area contributed by atoms with Gasteiger partial charge in [0.1, 0.15) is 0 Å². The zero-order chi connectivity index (χ0) is 9.10. The third-order valence-corrected chi connectivity index (χ3v) is 3.22. The van der Waals surface area contributed by atoms with Gasteiger partial charge in [-0.15, -0.1) is 0 Å². The lowest BCUT2D eigenvalue weighted by molar-refractivity contribution is -0.0787. The summed E-state index contributed by atoms with van der Waals surface area (Å²) in [5.74, 6) is 0. The van der Waals surface area contributed by atoms with Crippen LogP contribution < -0.4 is 5.32 Å². The molecule has 1 N–H and O–H groups in total. The average Bonchev–Trinajstić information content (AvgIpc) is 2.20. The summed E-state index contributed by atoms with van der Waals surface area (Å²) < 4.78 is 0. The molecule has 2 aliphatic rings. The molecule has 0 aromatic rings. The molecule has 2 aliphatic heterocycles. The third-order valence-electron chi connectivity index (χ3n) is 3.22. The van der Waals surface area contributed by atoms with Crippen LogP contribution >= 0.6 is 0 Å². The molecule has 0 saturated carbocycles. The van der Waals surface area contributed by atoms with Gasteiger partial charge in [-0.3, -0.25) is 0 Å². The third kappa shape index (κ3) is 2.22. The van der Waals surface area contributed by atoms with Crippen molar-refractivity contribution in [3.05, 3.63) is 0 Å². The Hall–Kier alpha value is -0.120. The van der Waals surface area contributed by atoms with Gasteiger partial charge in [-0.05, 0) is 19.8 Å². The van der Waals surface area contributed by atoms with Gasteiger partial charge in [-0.1, -0.05) is 6.42 Å². The Morgan fingerprint density at radius 3 is 2.54 bits per heavy atom. The van der Waals surface area contributed by atoms with Crippen molar-refractivity contribution in [3.8, 4) is 0 Å². The number of hydrogen-bond donors (Lipinski definition) is 1. The van der Waals surface area contributed by atoms with Gasteiger partial charge in [0.25, 0.3) is 0 Å². The average molecular weight is 183 g/mol. The molecular formula is C10H21N3. The van der Waals surface area contributed by atoms with E-state index in [2.05, 4.69) is 22.3 Å². The van der Waals surface area contributed by atoms with Crippen LogP contribution in [-0.2, 0) is 0 Å². The van der Waals surface area contributed by atoms with Gasteiger partial charge in [-0.25, -0.2) is 10.0 Å². The van der Waals surface area contributed by atoms with E-state index in [1.165, 1.54) is 38.9 Å². The van der Waals surface area contributed by atoms with E-state index in [4.69, 9.17) is 0 Å². The Kier molecular flexibility index (Phi) is 3.19. The lowest BCUT2D eigenvalue weighted by atomic mass is 10.1. The molecule has 2 saturated heterocycles. The number of piperazine rings is 1. The van der Waals surface area contributed by atoms with Gasteiger partial charge in [0.2, 0.25) is 0 Å². The zero-order valence-electron chi connectivity index (χ0n) is 8.63. The normalized spacial score (nSPS) is 33.5. The van der Waals surface area contributed by atoms with Crippen molar-refractivity contribution >= 4 is 0 Å². The summed E-state index contributed by atoms with van der Waals surface area (Å²) in [5.41, 5.74) is 0. The molecule has 0 aliphatic carbocycles. The lowest BCUT2D eigenvalue weighted by Gasteiger charge is -2.43. The molecule has 76 valence electrons. The standard InChI is InChI=1S/C10H21N3/c1-10-4-2-3-7-13(10)12-8-5-11-6-9-12/h10-11H,2-9H2,1H3. The number of rotatable bonds is 1. The van der Waals surface area contributed by atoms with E-state index in [0.717, 1.165) is 19.1 Å². The van der Waals surface area contributed by atoms with E-state index in [9.17, 15) is 0 Å². The minimum atomic E-state index is 0.770. The van der Waals surface area contributed by atoms with Crippen LogP contribution in [0.25, 0.3) is 0 Å². The zero-order valence-corrected chi connectivity index (χ0v) is 8.63. The van der Waals surface area contributed by atoms with Gasteiger partial charge in [-0.2, -0.15) is 0 Å². The summed E-state index contributed by atoms with van der Waals surface area (Å²) in [6.45, 7) is 8.35. The molecule has 0 spiro atoms. The minimum absolute atomic E-state index is 0.770. The van der Waals surface area contributed by atoms with Crippen LogP contribution in [0.4, 0.5) is 0 Å². The van der Waals surface area contributed by atoms with Gasteiger partial charge < -0.3 is 5.32 Å². The van der Waals surface area contributed by atoms with E-state index in [0.29, 0.717) is 0 Å². The maximum absolute atomic E-state index is 3.40. The van der Waals surface area contributed by atoms with E-state index in [1.807, 2.05) is 0 Å². The number of hydrazine groups is 1. The first-order valence-corrected chi connectivity index (χ1v) is 5.60.